The predicted octanol–water partition coefficient (Wildman–Crippen LogP) is 2.09. The van der Waals surface area contributed by atoms with Crippen molar-refractivity contribution in [3.05, 3.63) is 0 Å². The third-order valence-corrected chi connectivity index (χ3v) is 5.17. The molecule has 19 heavy (non-hydrogen) atoms. The van der Waals surface area contributed by atoms with Crippen molar-refractivity contribution in [1.29, 1.82) is 0 Å². The Morgan fingerprint density at radius 3 is 2.37 bits per heavy atom. The third-order valence-electron chi connectivity index (χ3n) is 5.17. The Labute approximate surface area is 111 Å². The van der Waals surface area contributed by atoms with E-state index < -0.39 is 17.4 Å². The van der Waals surface area contributed by atoms with E-state index in [-0.39, 0.29) is 12.0 Å². The van der Waals surface area contributed by atoms with Gasteiger partial charge in [0.15, 0.2) is 0 Å². The van der Waals surface area contributed by atoms with Gasteiger partial charge in [-0.25, -0.2) is 0 Å². The van der Waals surface area contributed by atoms with E-state index >= 15 is 0 Å². The molecular formula is C14H21F2NO2. The molecule has 0 aromatic heterocycles. The van der Waals surface area contributed by atoms with Crippen LogP contribution < -0.4 is 5.32 Å². The van der Waals surface area contributed by atoms with Crippen molar-refractivity contribution in [2.45, 2.75) is 57.0 Å². The minimum Gasteiger partial charge on any atom is -0.390 e. The van der Waals surface area contributed by atoms with Gasteiger partial charge in [-0.2, -0.15) is 8.78 Å². The lowest BCUT2D eigenvalue weighted by Crippen LogP contribution is -2.59. The summed E-state index contributed by atoms with van der Waals surface area (Å²) >= 11 is 0. The molecule has 108 valence electrons. The van der Waals surface area contributed by atoms with Gasteiger partial charge in [-0.05, 0) is 55.8 Å². The van der Waals surface area contributed by atoms with Crippen LogP contribution in [-0.4, -0.2) is 29.1 Å². The maximum atomic E-state index is 12.9. The smallest absolute Gasteiger partial charge is 0.321 e. The zero-order valence-electron chi connectivity index (χ0n) is 11.2. The Morgan fingerprint density at radius 1 is 1.32 bits per heavy atom. The minimum absolute atomic E-state index is 0.153. The van der Waals surface area contributed by atoms with Gasteiger partial charge in [-0.3, -0.25) is 4.79 Å². The van der Waals surface area contributed by atoms with Gasteiger partial charge >= 0.3 is 5.92 Å². The molecule has 0 aromatic rings. The molecule has 2 N–H and O–H groups in total. The van der Waals surface area contributed by atoms with Crippen LogP contribution in [0.5, 0.6) is 0 Å². The lowest BCUT2D eigenvalue weighted by atomic mass is 9.48. The van der Waals surface area contributed by atoms with Crippen LogP contribution in [0.2, 0.25) is 0 Å². The van der Waals surface area contributed by atoms with Crippen molar-refractivity contribution >= 4 is 5.91 Å². The number of hydrogen-bond donors (Lipinski definition) is 2. The molecule has 4 saturated carbocycles. The first-order valence-corrected chi connectivity index (χ1v) is 7.08. The maximum Gasteiger partial charge on any atom is 0.321 e. The molecule has 5 heteroatoms. The Balaban J connectivity index is 1.69. The van der Waals surface area contributed by atoms with E-state index in [1.807, 2.05) is 0 Å². The van der Waals surface area contributed by atoms with Gasteiger partial charge < -0.3 is 10.4 Å². The summed E-state index contributed by atoms with van der Waals surface area (Å²) in [7, 11) is 0. The molecule has 4 fully saturated rings. The first-order valence-electron chi connectivity index (χ1n) is 7.08. The SMILES string of the molecule is CC(F)(F)C(=O)NCC12CC3CC(CC(O)(C3)C1)C2. The normalized spacial score (nSPS) is 44.4. The molecule has 0 spiro atoms. The summed E-state index contributed by atoms with van der Waals surface area (Å²) in [5.41, 5.74) is -0.761. The van der Waals surface area contributed by atoms with Crippen LogP contribution >= 0.6 is 0 Å². The average Bonchev–Trinajstić information content (AvgIpc) is 2.21. The van der Waals surface area contributed by atoms with Crippen molar-refractivity contribution in [2.75, 3.05) is 6.54 Å². The van der Waals surface area contributed by atoms with E-state index in [2.05, 4.69) is 5.32 Å². The third kappa shape index (κ3) is 2.37. The van der Waals surface area contributed by atoms with Gasteiger partial charge in [0.25, 0.3) is 5.91 Å². The van der Waals surface area contributed by atoms with Crippen LogP contribution in [0.15, 0.2) is 0 Å². The fraction of sp³-hybridized carbons (Fsp3) is 0.929. The highest BCUT2D eigenvalue weighted by atomic mass is 19.3. The quantitative estimate of drug-likeness (QED) is 0.827. The molecule has 0 heterocycles. The van der Waals surface area contributed by atoms with E-state index in [0.717, 1.165) is 32.1 Å². The van der Waals surface area contributed by atoms with Crippen LogP contribution in [0, 0.1) is 17.3 Å². The van der Waals surface area contributed by atoms with E-state index in [1.165, 1.54) is 0 Å². The number of halogens is 2. The monoisotopic (exact) mass is 273 g/mol. The number of amides is 1. The van der Waals surface area contributed by atoms with E-state index in [0.29, 0.717) is 25.2 Å². The van der Waals surface area contributed by atoms with Crippen molar-refractivity contribution in [1.82, 2.24) is 5.32 Å². The Hall–Kier alpha value is -0.710. The van der Waals surface area contributed by atoms with Gasteiger partial charge in [-0.1, -0.05) is 0 Å². The summed E-state index contributed by atoms with van der Waals surface area (Å²) in [6, 6.07) is 0. The molecule has 4 bridgehead atoms. The number of hydrogen-bond acceptors (Lipinski definition) is 2. The van der Waals surface area contributed by atoms with Crippen molar-refractivity contribution in [2.24, 2.45) is 17.3 Å². The van der Waals surface area contributed by atoms with Gasteiger partial charge in [0.1, 0.15) is 0 Å². The summed E-state index contributed by atoms with van der Waals surface area (Å²) in [5, 5.41) is 12.9. The Bertz CT molecular complexity index is 391. The topological polar surface area (TPSA) is 49.3 Å². The van der Waals surface area contributed by atoms with Gasteiger partial charge in [0.05, 0.1) is 5.60 Å². The van der Waals surface area contributed by atoms with Crippen molar-refractivity contribution in [3.8, 4) is 0 Å². The lowest BCUT2D eigenvalue weighted by molar-refractivity contribution is -0.166. The summed E-state index contributed by atoms with van der Waals surface area (Å²) in [6.07, 6.45) is 5.43. The first kappa shape index (κ1) is 13.3. The fourth-order valence-electron chi connectivity index (χ4n) is 5.03. The standard InChI is InChI=1S/C14H21F2NO2/c1-12(15,16)11(18)17-8-13-3-9-2-10(4-13)6-14(19,5-9)7-13/h9-10,19H,2-8H2,1H3,(H,17,18). The van der Waals surface area contributed by atoms with Crippen LogP contribution in [-0.2, 0) is 4.79 Å². The summed E-state index contributed by atoms with van der Waals surface area (Å²) in [6.45, 7) is 0.903. The van der Waals surface area contributed by atoms with Gasteiger partial charge in [0.2, 0.25) is 0 Å². The second kappa shape index (κ2) is 3.90. The van der Waals surface area contributed by atoms with Gasteiger partial charge in [0, 0.05) is 13.5 Å². The Kier molecular flexibility index (Phi) is 2.73. The highest BCUT2D eigenvalue weighted by molar-refractivity contribution is 5.82. The molecule has 3 nitrogen and oxygen atoms in total. The highest BCUT2D eigenvalue weighted by Gasteiger charge is 2.57. The highest BCUT2D eigenvalue weighted by Crippen LogP contribution is 2.61. The first-order chi connectivity index (χ1) is 8.70. The second-order valence-corrected chi connectivity index (χ2v) is 7.26. The Morgan fingerprint density at radius 2 is 1.89 bits per heavy atom. The molecule has 4 rings (SSSR count). The molecule has 1 amide bonds. The zero-order chi connectivity index (χ0) is 13.9. The molecule has 2 atom stereocenters. The number of carbonyl (C=O) groups excluding carboxylic acids is 1. The predicted molar refractivity (Wildman–Crippen MR) is 65.7 cm³/mol. The van der Waals surface area contributed by atoms with Crippen molar-refractivity contribution < 1.29 is 18.7 Å². The number of alkyl halides is 2. The second-order valence-electron chi connectivity index (χ2n) is 7.26. The fourth-order valence-corrected chi connectivity index (χ4v) is 5.03. The minimum atomic E-state index is -3.32. The number of aliphatic hydroxyl groups is 1. The largest absolute Gasteiger partial charge is 0.390 e. The average molecular weight is 273 g/mol. The number of carbonyl (C=O) groups is 1. The van der Waals surface area contributed by atoms with E-state index in [9.17, 15) is 18.7 Å². The summed E-state index contributed by atoms with van der Waals surface area (Å²) < 4.78 is 25.8. The molecule has 4 aliphatic rings. The summed E-state index contributed by atoms with van der Waals surface area (Å²) in [5.74, 6) is -3.51. The maximum absolute atomic E-state index is 12.9. The van der Waals surface area contributed by atoms with Gasteiger partial charge in [-0.15, -0.1) is 0 Å². The number of rotatable bonds is 3. The van der Waals surface area contributed by atoms with Crippen LogP contribution in [0.1, 0.15) is 45.4 Å². The van der Waals surface area contributed by atoms with Crippen LogP contribution in [0.4, 0.5) is 8.78 Å². The van der Waals surface area contributed by atoms with Crippen LogP contribution in [0.3, 0.4) is 0 Å². The molecule has 0 aromatic carbocycles. The zero-order valence-corrected chi connectivity index (χ0v) is 11.2. The molecule has 0 saturated heterocycles. The summed E-state index contributed by atoms with van der Waals surface area (Å²) in [4.78, 5) is 11.3. The molecule has 0 radical (unpaired) electrons. The lowest BCUT2D eigenvalue weighted by Gasteiger charge is -2.60. The van der Waals surface area contributed by atoms with E-state index in [4.69, 9.17) is 0 Å². The van der Waals surface area contributed by atoms with Crippen molar-refractivity contribution in [3.63, 3.8) is 0 Å². The number of nitrogens with one attached hydrogen (secondary N) is 1. The van der Waals surface area contributed by atoms with E-state index in [1.54, 1.807) is 0 Å². The van der Waals surface area contributed by atoms with Crippen LogP contribution in [0.25, 0.3) is 0 Å². The molecule has 0 aliphatic heterocycles. The molecule has 4 aliphatic carbocycles. The molecular weight excluding hydrogens is 252 g/mol. The molecule has 2 unspecified atom stereocenters.